The number of hydrogen-bond donors (Lipinski definition) is 0. The van der Waals surface area contributed by atoms with Crippen molar-refractivity contribution in [3.8, 4) is 0 Å². The molecule has 0 aromatic heterocycles. The van der Waals surface area contributed by atoms with E-state index < -0.39 is 7.51 Å². The Morgan fingerprint density at radius 2 is 0.857 bits per heavy atom. The standard InChI is InChI=1S/C18H15N2P/c1-4-10-16(11-5-1)19-21(18-14-8-3-9-15-18)20-17-12-6-2-7-13-17/h1-15H. The molecule has 0 atom stereocenters. The third-order valence-electron chi connectivity index (χ3n) is 2.92. The van der Waals surface area contributed by atoms with E-state index in [0.29, 0.717) is 0 Å². The molecule has 0 aliphatic heterocycles. The summed E-state index contributed by atoms with van der Waals surface area (Å²) in [6, 6.07) is 30.3. The molecule has 0 aliphatic carbocycles. The average Bonchev–Trinajstić information content (AvgIpc) is 2.57. The fourth-order valence-electron chi connectivity index (χ4n) is 1.91. The molecule has 3 heteroatoms. The van der Waals surface area contributed by atoms with E-state index in [0.717, 1.165) is 16.7 Å². The quantitative estimate of drug-likeness (QED) is 0.543. The summed E-state index contributed by atoms with van der Waals surface area (Å²) >= 11 is 0. The zero-order chi connectivity index (χ0) is 14.3. The van der Waals surface area contributed by atoms with Gasteiger partial charge in [0.1, 0.15) is 0 Å². The number of nitrogens with zero attached hydrogens (tertiary/aromatic N) is 2. The highest BCUT2D eigenvalue weighted by Crippen LogP contribution is 2.28. The molecule has 3 aromatic rings. The minimum atomic E-state index is -0.958. The van der Waals surface area contributed by atoms with Crippen LogP contribution in [-0.2, 0) is 0 Å². The van der Waals surface area contributed by atoms with Crippen LogP contribution in [0.5, 0.6) is 0 Å². The van der Waals surface area contributed by atoms with Gasteiger partial charge in [-0.1, -0.05) is 54.6 Å². The predicted molar refractivity (Wildman–Crippen MR) is 90.1 cm³/mol. The molecule has 0 spiro atoms. The maximum atomic E-state index is 4.82. The van der Waals surface area contributed by atoms with Crippen LogP contribution in [0.2, 0.25) is 0 Å². The molecule has 0 aliphatic rings. The monoisotopic (exact) mass is 290 g/mol. The van der Waals surface area contributed by atoms with E-state index >= 15 is 0 Å². The van der Waals surface area contributed by atoms with Crippen molar-refractivity contribution in [3.63, 3.8) is 0 Å². The maximum Gasteiger partial charge on any atom is 0.0997 e. The largest absolute Gasteiger partial charge is 0.214 e. The minimum Gasteiger partial charge on any atom is -0.214 e. The molecule has 2 nitrogen and oxygen atoms in total. The molecule has 0 saturated heterocycles. The summed E-state index contributed by atoms with van der Waals surface area (Å²) in [5.74, 6) is 0. The van der Waals surface area contributed by atoms with Crippen LogP contribution in [0, 0.1) is 0 Å². The topological polar surface area (TPSA) is 24.7 Å². The van der Waals surface area contributed by atoms with E-state index in [2.05, 4.69) is 12.1 Å². The van der Waals surface area contributed by atoms with Crippen molar-refractivity contribution in [2.75, 3.05) is 0 Å². The Hall–Kier alpha value is -2.44. The van der Waals surface area contributed by atoms with E-state index in [1.54, 1.807) is 0 Å². The van der Waals surface area contributed by atoms with E-state index in [4.69, 9.17) is 9.49 Å². The molecule has 0 N–H and O–H groups in total. The first-order valence-electron chi connectivity index (χ1n) is 6.80. The molecule has 3 rings (SSSR count). The van der Waals surface area contributed by atoms with Crippen LogP contribution in [0.1, 0.15) is 0 Å². The van der Waals surface area contributed by atoms with Gasteiger partial charge in [0.2, 0.25) is 0 Å². The number of rotatable bonds is 3. The van der Waals surface area contributed by atoms with Crippen molar-refractivity contribution in [3.05, 3.63) is 91.0 Å². The fraction of sp³-hybridized carbons (Fsp3) is 0. The Bertz CT molecular complexity index is 728. The molecule has 0 saturated carbocycles. The first-order chi connectivity index (χ1) is 10.4. The van der Waals surface area contributed by atoms with Crippen LogP contribution in [0.3, 0.4) is 0 Å². The molecule has 0 heterocycles. The third kappa shape index (κ3) is 3.77. The van der Waals surface area contributed by atoms with Crippen molar-refractivity contribution >= 4 is 24.2 Å². The summed E-state index contributed by atoms with van der Waals surface area (Å²) in [7, 11) is -0.958. The van der Waals surface area contributed by atoms with E-state index in [1.807, 2.05) is 78.9 Å². The molecular weight excluding hydrogens is 275 g/mol. The van der Waals surface area contributed by atoms with Gasteiger partial charge in [-0.3, -0.25) is 0 Å². The lowest BCUT2D eigenvalue weighted by molar-refractivity contribution is 1.53. The molecule has 0 radical (unpaired) electrons. The van der Waals surface area contributed by atoms with Crippen LogP contribution >= 0.6 is 7.51 Å². The third-order valence-corrected chi connectivity index (χ3v) is 4.52. The summed E-state index contributed by atoms with van der Waals surface area (Å²) in [5, 5.41) is 1.15. The SMILES string of the molecule is c1ccc(N=P(=Nc2ccccc2)c2ccccc2)cc1. The lowest BCUT2D eigenvalue weighted by Gasteiger charge is -1.99. The van der Waals surface area contributed by atoms with Gasteiger partial charge in [0.05, 0.1) is 18.9 Å². The number of hydrogen-bond acceptors (Lipinski definition) is 2. The van der Waals surface area contributed by atoms with Crippen LogP contribution in [-0.4, -0.2) is 0 Å². The van der Waals surface area contributed by atoms with Crippen LogP contribution in [0.25, 0.3) is 0 Å². The number of benzene rings is 3. The van der Waals surface area contributed by atoms with E-state index in [-0.39, 0.29) is 0 Å². The van der Waals surface area contributed by atoms with Gasteiger partial charge in [-0.15, -0.1) is 0 Å². The second-order valence-electron chi connectivity index (χ2n) is 4.50. The van der Waals surface area contributed by atoms with Crippen molar-refractivity contribution in [2.24, 2.45) is 9.49 Å². The Balaban J connectivity index is 2.12. The van der Waals surface area contributed by atoms with Crippen LogP contribution < -0.4 is 5.30 Å². The van der Waals surface area contributed by atoms with Gasteiger partial charge in [0, 0.05) is 5.30 Å². The van der Waals surface area contributed by atoms with Crippen LogP contribution in [0.4, 0.5) is 11.4 Å². The Kier molecular flexibility index (Phi) is 4.40. The van der Waals surface area contributed by atoms with Gasteiger partial charge >= 0.3 is 0 Å². The molecule has 21 heavy (non-hydrogen) atoms. The Morgan fingerprint density at radius 1 is 0.476 bits per heavy atom. The highest BCUT2D eigenvalue weighted by Gasteiger charge is 1.96. The van der Waals surface area contributed by atoms with E-state index in [9.17, 15) is 0 Å². The zero-order valence-corrected chi connectivity index (χ0v) is 12.4. The smallest absolute Gasteiger partial charge is 0.0997 e. The summed E-state index contributed by atoms with van der Waals surface area (Å²) in [6.45, 7) is 0. The molecule has 102 valence electrons. The first kappa shape index (κ1) is 13.5. The van der Waals surface area contributed by atoms with Gasteiger partial charge in [-0.25, -0.2) is 9.49 Å². The predicted octanol–water partition coefficient (Wildman–Crippen LogP) is 5.82. The summed E-state index contributed by atoms with van der Waals surface area (Å²) in [6.07, 6.45) is 0. The van der Waals surface area contributed by atoms with Gasteiger partial charge in [-0.05, 0) is 36.4 Å². The minimum absolute atomic E-state index is 0.958. The van der Waals surface area contributed by atoms with Gasteiger partial charge in [0.15, 0.2) is 0 Å². The lowest BCUT2D eigenvalue weighted by Crippen LogP contribution is -1.89. The summed E-state index contributed by atoms with van der Waals surface area (Å²) in [5.41, 5.74) is 1.93. The van der Waals surface area contributed by atoms with Crippen molar-refractivity contribution in [1.29, 1.82) is 0 Å². The highest BCUT2D eigenvalue weighted by molar-refractivity contribution is 7.46. The molecular formula is C18H15N2P. The lowest BCUT2D eigenvalue weighted by atomic mass is 10.3. The van der Waals surface area contributed by atoms with Gasteiger partial charge in [-0.2, -0.15) is 0 Å². The van der Waals surface area contributed by atoms with E-state index in [1.165, 1.54) is 0 Å². The van der Waals surface area contributed by atoms with Gasteiger partial charge < -0.3 is 0 Å². The molecule has 0 amide bonds. The summed E-state index contributed by atoms with van der Waals surface area (Å²) < 4.78 is 9.64. The maximum absolute atomic E-state index is 4.82. The summed E-state index contributed by atoms with van der Waals surface area (Å²) in [4.78, 5) is 0. The fourth-order valence-corrected chi connectivity index (χ4v) is 3.33. The first-order valence-corrected chi connectivity index (χ1v) is 8.05. The zero-order valence-electron chi connectivity index (χ0n) is 11.5. The molecule has 0 fully saturated rings. The van der Waals surface area contributed by atoms with Crippen molar-refractivity contribution in [2.45, 2.75) is 0 Å². The van der Waals surface area contributed by atoms with Crippen molar-refractivity contribution < 1.29 is 0 Å². The van der Waals surface area contributed by atoms with Crippen molar-refractivity contribution in [1.82, 2.24) is 0 Å². The second-order valence-corrected chi connectivity index (χ2v) is 5.99. The average molecular weight is 290 g/mol. The molecule has 0 unspecified atom stereocenters. The normalized spacial score (nSPS) is 11.5. The second kappa shape index (κ2) is 6.83. The Labute approximate surface area is 125 Å². The van der Waals surface area contributed by atoms with Gasteiger partial charge in [0.25, 0.3) is 0 Å². The molecule has 0 bridgehead atoms. The Morgan fingerprint density at radius 3 is 1.29 bits per heavy atom. The molecule has 3 aromatic carbocycles. The van der Waals surface area contributed by atoms with Crippen LogP contribution in [0.15, 0.2) is 100 Å². The highest BCUT2D eigenvalue weighted by atomic mass is 31.1.